The van der Waals surface area contributed by atoms with Crippen LogP contribution in [0.1, 0.15) is 22.8 Å². The summed E-state index contributed by atoms with van der Waals surface area (Å²) in [6.07, 6.45) is 0.365. The van der Waals surface area contributed by atoms with Gasteiger partial charge in [0.15, 0.2) is 5.75 Å². The van der Waals surface area contributed by atoms with Crippen molar-refractivity contribution in [2.45, 2.75) is 18.2 Å². The lowest BCUT2D eigenvalue weighted by Gasteiger charge is -2.12. The predicted octanol–water partition coefficient (Wildman–Crippen LogP) is 7.34. The molecule has 1 amide bonds. The number of nitrogens with zero attached hydrogens (tertiary/aromatic N) is 2. The van der Waals surface area contributed by atoms with Gasteiger partial charge in [0, 0.05) is 11.1 Å². The number of nitrogens with one attached hydrogen (secondary N) is 1. The highest BCUT2D eigenvalue weighted by atomic mass is 35.5. The number of carbonyl (C=O) groups excluding carboxylic acids is 1. The highest BCUT2D eigenvalue weighted by Gasteiger charge is 2.20. The summed E-state index contributed by atoms with van der Waals surface area (Å²) in [6, 6.07) is 15.4. The molecule has 0 aliphatic carbocycles. The van der Waals surface area contributed by atoms with Crippen molar-refractivity contribution in [1.29, 1.82) is 0 Å². The number of rotatable bonds is 7. The van der Waals surface area contributed by atoms with E-state index in [1.807, 2.05) is 0 Å². The van der Waals surface area contributed by atoms with Crippen LogP contribution in [-0.2, 0) is 16.5 Å². The van der Waals surface area contributed by atoms with Crippen molar-refractivity contribution >= 4 is 67.1 Å². The second-order valence-corrected chi connectivity index (χ2v) is 10.3. The summed E-state index contributed by atoms with van der Waals surface area (Å²) in [5.41, 5.74) is 0.641. The fraction of sp³-hybridized carbons (Fsp3) is 0.115. The van der Waals surface area contributed by atoms with E-state index in [-0.39, 0.29) is 27.0 Å². The van der Waals surface area contributed by atoms with E-state index < -0.39 is 26.7 Å². The van der Waals surface area contributed by atoms with Crippen LogP contribution in [0.4, 0.5) is 17.1 Å². The van der Waals surface area contributed by atoms with Crippen LogP contribution < -0.4 is 10.1 Å². The molecule has 9 nitrogen and oxygen atoms in total. The molecule has 0 heterocycles. The highest BCUT2D eigenvalue weighted by molar-refractivity contribution is 7.85. The number of hydrogen-bond acceptors (Lipinski definition) is 7. The van der Waals surface area contributed by atoms with Crippen LogP contribution in [0.5, 0.6) is 11.5 Å². The molecule has 3 N–H and O–H groups in total. The molecule has 0 saturated heterocycles. The van der Waals surface area contributed by atoms with Crippen molar-refractivity contribution in [3.05, 3.63) is 81.8 Å². The smallest absolute Gasteiger partial charge is 0.294 e. The molecular weight excluding hydrogens is 553 g/mol. The van der Waals surface area contributed by atoms with Crippen molar-refractivity contribution in [3.8, 4) is 11.5 Å². The van der Waals surface area contributed by atoms with Gasteiger partial charge in [-0.25, -0.2) is 0 Å². The molecule has 4 rings (SSSR count). The Labute approximate surface area is 228 Å². The lowest BCUT2D eigenvalue weighted by molar-refractivity contribution is 0.102. The Balaban J connectivity index is 1.81. The number of amides is 1. The van der Waals surface area contributed by atoms with Crippen molar-refractivity contribution < 1.29 is 27.6 Å². The lowest BCUT2D eigenvalue weighted by Crippen LogP contribution is -2.12. The number of aromatic hydroxyl groups is 1. The number of azo groups is 1. The molecule has 38 heavy (non-hydrogen) atoms. The summed E-state index contributed by atoms with van der Waals surface area (Å²) in [5, 5.41) is 23.5. The molecule has 0 aliphatic heterocycles. The number of phenols is 1. The van der Waals surface area contributed by atoms with Gasteiger partial charge in [0.05, 0.1) is 27.6 Å². The Morgan fingerprint density at radius 2 is 1.79 bits per heavy atom. The summed E-state index contributed by atoms with van der Waals surface area (Å²) < 4.78 is 38.1. The monoisotopic (exact) mass is 573 g/mol. The van der Waals surface area contributed by atoms with Crippen molar-refractivity contribution in [2.24, 2.45) is 10.2 Å². The standard InChI is InChI=1S/C26H21Cl2N3O6S/c1-3-14-10-17(38(34,35)36)13-21(23(14)28)30-31-24-18-7-5-4-6-15(18)11-19(25(24)32)26(33)29-16-8-9-22(37-2)20(27)12-16/h4-13,32H,3H2,1-2H3,(H,29,33)(H,34,35,36). The van der Waals surface area contributed by atoms with Crippen LogP contribution in [0.3, 0.4) is 0 Å². The van der Waals surface area contributed by atoms with Gasteiger partial charge in [0.2, 0.25) is 0 Å². The highest BCUT2D eigenvalue weighted by Crippen LogP contribution is 2.41. The molecule has 0 bridgehead atoms. The van der Waals surface area contributed by atoms with Crippen LogP contribution in [0.25, 0.3) is 10.8 Å². The number of benzene rings is 4. The molecule has 0 radical (unpaired) electrons. The van der Waals surface area contributed by atoms with Crippen LogP contribution in [0.2, 0.25) is 10.0 Å². The number of halogens is 2. The van der Waals surface area contributed by atoms with Gasteiger partial charge in [0.1, 0.15) is 17.1 Å². The third-order valence-corrected chi connectivity index (χ3v) is 7.25. The Kier molecular flexibility index (Phi) is 7.89. The topological polar surface area (TPSA) is 138 Å². The predicted molar refractivity (Wildman–Crippen MR) is 146 cm³/mol. The molecule has 0 saturated carbocycles. The van der Waals surface area contributed by atoms with E-state index >= 15 is 0 Å². The number of ether oxygens (including phenoxy) is 1. The number of fused-ring (bicyclic) bond motifs is 1. The maximum Gasteiger partial charge on any atom is 0.294 e. The van der Waals surface area contributed by atoms with Gasteiger partial charge in [-0.2, -0.15) is 8.42 Å². The SMILES string of the molecule is CCc1cc(S(=O)(=O)O)cc(N=Nc2c(O)c(C(=O)Nc3ccc(OC)c(Cl)c3)cc3ccccc23)c1Cl. The van der Waals surface area contributed by atoms with E-state index in [4.69, 9.17) is 27.9 Å². The molecule has 0 unspecified atom stereocenters. The quantitative estimate of drug-likeness (QED) is 0.156. The summed E-state index contributed by atoms with van der Waals surface area (Å²) in [5.74, 6) is -0.656. The molecule has 0 spiro atoms. The van der Waals surface area contributed by atoms with Crippen molar-refractivity contribution in [2.75, 3.05) is 12.4 Å². The fourth-order valence-electron chi connectivity index (χ4n) is 3.76. The number of anilines is 1. The second kappa shape index (κ2) is 11.0. The average molecular weight is 574 g/mol. The Hall–Kier alpha value is -3.70. The number of aryl methyl sites for hydroxylation is 1. The molecule has 196 valence electrons. The molecule has 0 fully saturated rings. The zero-order chi connectivity index (χ0) is 27.6. The first-order valence-electron chi connectivity index (χ1n) is 11.1. The maximum atomic E-state index is 13.1. The van der Waals surface area contributed by atoms with Crippen LogP contribution >= 0.6 is 23.2 Å². The zero-order valence-corrected chi connectivity index (χ0v) is 22.4. The molecule has 4 aromatic carbocycles. The third-order valence-electron chi connectivity index (χ3n) is 5.69. The Bertz CT molecular complexity index is 1710. The van der Waals surface area contributed by atoms with E-state index in [1.54, 1.807) is 43.3 Å². The van der Waals surface area contributed by atoms with Crippen LogP contribution in [0, 0.1) is 0 Å². The van der Waals surface area contributed by atoms with Gasteiger partial charge in [-0.1, -0.05) is 54.4 Å². The van der Waals surface area contributed by atoms with Crippen LogP contribution in [-0.4, -0.2) is 31.1 Å². The fourth-order valence-corrected chi connectivity index (χ4v) is 4.85. The molecular formula is C26H21Cl2N3O6S. The largest absolute Gasteiger partial charge is 0.505 e. The summed E-state index contributed by atoms with van der Waals surface area (Å²) in [6.45, 7) is 1.76. The summed E-state index contributed by atoms with van der Waals surface area (Å²) >= 11 is 12.5. The van der Waals surface area contributed by atoms with Gasteiger partial charge in [0.25, 0.3) is 16.0 Å². The zero-order valence-electron chi connectivity index (χ0n) is 20.1. The van der Waals surface area contributed by atoms with Gasteiger partial charge >= 0.3 is 0 Å². The first-order chi connectivity index (χ1) is 18.0. The average Bonchev–Trinajstić information content (AvgIpc) is 2.88. The minimum absolute atomic E-state index is 0.0348. The van der Waals surface area contributed by atoms with Gasteiger partial charge in [-0.05, 0) is 53.8 Å². The maximum absolute atomic E-state index is 13.1. The Morgan fingerprint density at radius 1 is 1.05 bits per heavy atom. The van der Waals surface area contributed by atoms with E-state index in [0.29, 0.717) is 34.2 Å². The van der Waals surface area contributed by atoms with Gasteiger partial charge < -0.3 is 15.2 Å². The normalized spacial score (nSPS) is 11.7. The van der Waals surface area contributed by atoms with Gasteiger partial charge in [-0.15, -0.1) is 10.2 Å². The number of hydrogen-bond donors (Lipinski definition) is 3. The Morgan fingerprint density at radius 3 is 2.45 bits per heavy atom. The molecule has 4 aromatic rings. The lowest BCUT2D eigenvalue weighted by atomic mass is 10.0. The third kappa shape index (κ3) is 5.58. The van der Waals surface area contributed by atoms with E-state index in [2.05, 4.69) is 15.5 Å². The van der Waals surface area contributed by atoms with E-state index in [1.165, 1.54) is 25.3 Å². The minimum atomic E-state index is -4.54. The first-order valence-corrected chi connectivity index (χ1v) is 13.3. The van der Waals surface area contributed by atoms with Crippen molar-refractivity contribution in [1.82, 2.24) is 0 Å². The van der Waals surface area contributed by atoms with Crippen LogP contribution in [0.15, 0.2) is 75.8 Å². The van der Waals surface area contributed by atoms with Gasteiger partial charge in [-0.3, -0.25) is 9.35 Å². The first kappa shape index (κ1) is 27.3. The van der Waals surface area contributed by atoms with E-state index in [0.717, 1.165) is 6.07 Å². The van der Waals surface area contributed by atoms with E-state index in [9.17, 15) is 22.9 Å². The number of carbonyl (C=O) groups is 1. The number of methoxy groups -OCH3 is 1. The van der Waals surface area contributed by atoms with Crippen molar-refractivity contribution in [3.63, 3.8) is 0 Å². The molecule has 0 aliphatic rings. The molecule has 0 atom stereocenters. The summed E-state index contributed by atoms with van der Waals surface area (Å²) in [7, 11) is -3.07. The molecule has 0 aromatic heterocycles. The molecule has 12 heteroatoms. The summed E-state index contributed by atoms with van der Waals surface area (Å²) in [4.78, 5) is 12.7. The second-order valence-electron chi connectivity index (χ2n) is 8.09. The number of phenolic OH excluding ortho intramolecular Hbond substituents is 1. The minimum Gasteiger partial charge on any atom is -0.505 e.